The summed E-state index contributed by atoms with van der Waals surface area (Å²) in [5, 5.41) is 4.10. The Morgan fingerprint density at radius 2 is 2.00 bits per heavy atom. The van der Waals surface area contributed by atoms with Crippen LogP contribution in [-0.4, -0.2) is 41.3 Å². The topological polar surface area (TPSA) is 55.6 Å². The quantitative estimate of drug-likeness (QED) is 0.793. The maximum absolute atomic E-state index is 12.9. The monoisotopic (exact) mass is 280 g/mol. The molecule has 1 aliphatic heterocycles. The van der Waals surface area contributed by atoms with Gasteiger partial charge in [-0.25, -0.2) is 0 Å². The molecule has 1 fully saturated rings. The molecule has 1 saturated heterocycles. The van der Waals surface area contributed by atoms with Crippen LogP contribution < -0.4 is 0 Å². The average molecular weight is 280 g/mol. The lowest BCUT2D eigenvalue weighted by Crippen LogP contribution is -2.55. The van der Waals surface area contributed by atoms with Gasteiger partial charge >= 0.3 is 0 Å². The number of rotatable bonds is 1. The van der Waals surface area contributed by atoms with Crippen molar-refractivity contribution in [1.82, 2.24) is 10.1 Å². The standard InChI is InChI=1S/C15H24N2O3/c1-10-11(12(16-20-10)14(2,3)4)13(18)17-7-8-19-9-15(17,5)6/h7-9H2,1-6H3. The zero-order chi connectivity index (χ0) is 15.1. The highest BCUT2D eigenvalue weighted by molar-refractivity contribution is 5.97. The Kier molecular flexibility index (Phi) is 3.67. The molecule has 1 aromatic rings. The number of morpholine rings is 1. The third-order valence-electron chi connectivity index (χ3n) is 3.68. The normalized spacial score (nSPS) is 19.2. The van der Waals surface area contributed by atoms with Crippen LogP contribution in [0.25, 0.3) is 0 Å². The van der Waals surface area contributed by atoms with Gasteiger partial charge in [0.2, 0.25) is 0 Å². The summed E-state index contributed by atoms with van der Waals surface area (Å²) in [6, 6.07) is 0. The molecule has 0 aliphatic carbocycles. The largest absolute Gasteiger partial charge is 0.377 e. The molecular weight excluding hydrogens is 256 g/mol. The molecule has 1 aromatic heterocycles. The summed E-state index contributed by atoms with van der Waals surface area (Å²) in [5.74, 6) is 0.573. The summed E-state index contributed by atoms with van der Waals surface area (Å²) in [6.07, 6.45) is 0. The van der Waals surface area contributed by atoms with Crippen LogP contribution in [0.5, 0.6) is 0 Å². The summed E-state index contributed by atoms with van der Waals surface area (Å²) in [5.41, 5.74) is 0.794. The van der Waals surface area contributed by atoms with Crippen LogP contribution in [0.15, 0.2) is 4.52 Å². The first-order chi connectivity index (χ1) is 9.14. The Balaban J connectivity index is 2.41. The number of ether oxygens (including phenoxy) is 1. The van der Waals surface area contributed by atoms with Crippen molar-refractivity contribution in [3.05, 3.63) is 17.0 Å². The van der Waals surface area contributed by atoms with E-state index in [9.17, 15) is 4.79 Å². The molecule has 0 unspecified atom stereocenters. The van der Waals surface area contributed by atoms with Crippen LogP contribution in [0, 0.1) is 6.92 Å². The van der Waals surface area contributed by atoms with Gasteiger partial charge in [-0.05, 0) is 20.8 Å². The van der Waals surface area contributed by atoms with E-state index in [1.54, 1.807) is 6.92 Å². The Morgan fingerprint density at radius 1 is 1.35 bits per heavy atom. The van der Waals surface area contributed by atoms with Gasteiger partial charge in [0.15, 0.2) is 0 Å². The lowest BCUT2D eigenvalue weighted by atomic mass is 9.88. The molecule has 20 heavy (non-hydrogen) atoms. The zero-order valence-corrected chi connectivity index (χ0v) is 13.2. The lowest BCUT2D eigenvalue weighted by Gasteiger charge is -2.42. The summed E-state index contributed by atoms with van der Waals surface area (Å²) in [4.78, 5) is 14.8. The maximum atomic E-state index is 12.9. The van der Waals surface area contributed by atoms with Gasteiger partial charge in [0.05, 0.1) is 18.8 Å². The van der Waals surface area contributed by atoms with Crippen molar-refractivity contribution in [3.63, 3.8) is 0 Å². The van der Waals surface area contributed by atoms with Gasteiger partial charge < -0.3 is 14.2 Å². The molecule has 2 rings (SSSR count). The van der Waals surface area contributed by atoms with E-state index >= 15 is 0 Å². The highest BCUT2D eigenvalue weighted by Gasteiger charge is 2.38. The van der Waals surface area contributed by atoms with Crippen molar-refractivity contribution in [2.24, 2.45) is 0 Å². The van der Waals surface area contributed by atoms with Crippen molar-refractivity contribution in [3.8, 4) is 0 Å². The first-order valence-electron chi connectivity index (χ1n) is 7.01. The highest BCUT2D eigenvalue weighted by Crippen LogP contribution is 2.30. The second-order valence-corrected chi connectivity index (χ2v) is 7.03. The van der Waals surface area contributed by atoms with Crippen molar-refractivity contribution in [1.29, 1.82) is 0 Å². The maximum Gasteiger partial charge on any atom is 0.260 e. The lowest BCUT2D eigenvalue weighted by molar-refractivity contribution is -0.0372. The summed E-state index contributed by atoms with van der Waals surface area (Å²) in [7, 11) is 0. The Bertz CT molecular complexity index is 512. The van der Waals surface area contributed by atoms with Gasteiger partial charge in [0.25, 0.3) is 5.91 Å². The van der Waals surface area contributed by atoms with E-state index in [2.05, 4.69) is 5.16 Å². The number of amides is 1. The first-order valence-corrected chi connectivity index (χ1v) is 7.01. The number of hydrogen-bond donors (Lipinski definition) is 0. The number of hydrogen-bond acceptors (Lipinski definition) is 4. The molecule has 0 saturated carbocycles. The highest BCUT2D eigenvalue weighted by atomic mass is 16.5. The fraction of sp³-hybridized carbons (Fsp3) is 0.733. The van der Waals surface area contributed by atoms with E-state index in [1.165, 1.54) is 0 Å². The van der Waals surface area contributed by atoms with Crippen molar-refractivity contribution >= 4 is 5.91 Å². The van der Waals surface area contributed by atoms with Crippen LogP contribution in [0.2, 0.25) is 0 Å². The fourth-order valence-electron chi connectivity index (χ4n) is 2.51. The van der Waals surface area contributed by atoms with Gasteiger partial charge in [-0.1, -0.05) is 25.9 Å². The second-order valence-electron chi connectivity index (χ2n) is 7.03. The minimum absolute atomic E-state index is 0.0121. The molecule has 0 bridgehead atoms. The molecule has 5 heteroatoms. The zero-order valence-electron chi connectivity index (χ0n) is 13.2. The van der Waals surface area contributed by atoms with E-state index in [0.29, 0.717) is 31.1 Å². The molecule has 112 valence electrons. The molecule has 1 amide bonds. The predicted octanol–water partition coefficient (Wildman–Crippen LogP) is 2.53. The van der Waals surface area contributed by atoms with Crippen molar-refractivity contribution in [2.45, 2.75) is 52.5 Å². The van der Waals surface area contributed by atoms with Crippen molar-refractivity contribution < 1.29 is 14.1 Å². The SMILES string of the molecule is Cc1onc(C(C)(C)C)c1C(=O)N1CCOCC1(C)C. The minimum Gasteiger partial charge on any atom is -0.377 e. The van der Waals surface area contributed by atoms with Gasteiger partial charge in [-0.2, -0.15) is 0 Å². The van der Waals surface area contributed by atoms with Crippen LogP contribution in [-0.2, 0) is 10.2 Å². The number of aromatic nitrogens is 1. The molecule has 2 heterocycles. The van der Waals surface area contributed by atoms with Gasteiger partial charge in [0.1, 0.15) is 17.0 Å². The smallest absolute Gasteiger partial charge is 0.260 e. The van der Waals surface area contributed by atoms with Crippen molar-refractivity contribution in [2.75, 3.05) is 19.8 Å². The summed E-state index contributed by atoms with van der Waals surface area (Å²) in [6.45, 7) is 13.6. The molecule has 0 atom stereocenters. The number of nitrogens with zero attached hydrogens (tertiary/aromatic N) is 2. The minimum atomic E-state index is -0.311. The predicted molar refractivity (Wildman–Crippen MR) is 75.9 cm³/mol. The molecule has 5 nitrogen and oxygen atoms in total. The van der Waals surface area contributed by atoms with Crippen LogP contribution in [0.3, 0.4) is 0 Å². The van der Waals surface area contributed by atoms with E-state index in [0.717, 1.165) is 5.69 Å². The van der Waals surface area contributed by atoms with Gasteiger partial charge in [-0.15, -0.1) is 0 Å². The second kappa shape index (κ2) is 4.88. The number of carbonyl (C=O) groups is 1. The molecule has 0 aromatic carbocycles. The van der Waals surface area contributed by atoms with E-state index in [-0.39, 0.29) is 16.9 Å². The van der Waals surface area contributed by atoms with Crippen LogP contribution in [0.1, 0.15) is 56.4 Å². The van der Waals surface area contributed by atoms with Crippen LogP contribution in [0.4, 0.5) is 0 Å². The number of aryl methyl sites for hydroxylation is 1. The van der Waals surface area contributed by atoms with Crippen LogP contribution >= 0.6 is 0 Å². The Labute approximate surface area is 120 Å². The molecule has 0 N–H and O–H groups in total. The third-order valence-corrected chi connectivity index (χ3v) is 3.68. The summed E-state index contributed by atoms with van der Waals surface area (Å²) >= 11 is 0. The fourth-order valence-corrected chi connectivity index (χ4v) is 2.51. The van der Waals surface area contributed by atoms with Gasteiger partial charge in [-0.3, -0.25) is 4.79 Å². The first kappa shape index (κ1) is 15.0. The van der Waals surface area contributed by atoms with Gasteiger partial charge in [0, 0.05) is 12.0 Å². The molecule has 1 aliphatic rings. The third kappa shape index (κ3) is 2.59. The Morgan fingerprint density at radius 3 is 2.55 bits per heavy atom. The molecule has 0 radical (unpaired) electrons. The Hall–Kier alpha value is -1.36. The van der Waals surface area contributed by atoms with E-state index in [4.69, 9.17) is 9.26 Å². The molecular formula is C15H24N2O3. The molecule has 0 spiro atoms. The number of carbonyl (C=O) groups excluding carboxylic acids is 1. The summed E-state index contributed by atoms with van der Waals surface area (Å²) < 4.78 is 10.8. The van der Waals surface area contributed by atoms with E-state index in [1.807, 2.05) is 39.5 Å². The average Bonchev–Trinajstić information content (AvgIpc) is 2.69. The van der Waals surface area contributed by atoms with E-state index < -0.39 is 0 Å².